The normalized spacial score (nSPS) is 23.8. The van der Waals surface area contributed by atoms with Crippen molar-refractivity contribution in [3.05, 3.63) is 54.2 Å². The van der Waals surface area contributed by atoms with Gasteiger partial charge in [-0.25, -0.2) is 13.4 Å². The highest BCUT2D eigenvalue weighted by atomic mass is 35.5. The third kappa shape index (κ3) is 3.81. The molecular weight excluding hydrogens is 360 g/mol. The topological polar surface area (TPSA) is 70.5 Å². The Morgan fingerprint density at radius 1 is 1.24 bits per heavy atom. The molecule has 3 atom stereocenters. The smallest absolute Gasteiger partial charge is 0.175 e. The highest BCUT2D eigenvalue weighted by Crippen LogP contribution is 2.42. The maximum Gasteiger partial charge on any atom is 0.175 e. The second-order valence-electron chi connectivity index (χ2n) is 6.29. The number of hydrogen-bond acceptors (Lipinski definition) is 5. The van der Waals surface area contributed by atoms with E-state index >= 15 is 0 Å². The number of nitrogens with zero attached hydrogens (tertiary/aromatic N) is 2. The Hall–Kier alpha value is -1.63. The monoisotopic (exact) mass is 380 g/mol. The fourth-order valence-corrected chi connectivity index (χ4v) is 4.56. The van der Waals surface area contributed by atoms with Crippen LogP contribution in [0.5, 0.6) is 0 Å². The number of benzene rings is 1. The first-order valence-corrected chi connectivity index (χ1v) is 10.5. The summed E-state index contributed by atoms with van der Waals surface area (Å²) in [7, 11) is -3.22. The average molecular weight is 381 g/mol. The van der Waals surface area contributed by atoms with E-state index in [0.717, 1.165) is 11.4 Å². The maximum atomic E-state index is 11.7. The molecule has 1 fully saturated rings. The van der Waals surface area contributed by atoms with E-state index in [1.165, 1.54) is 6.26 Å². The van der Waals surface area contributed by atoms with Crippen molar-refractivity contribution in [1.29, 1.82) is 0 Å². The van der Waals surface area contributed by atoms with Gasteiger partial charge in [-0.2, -0.15) is 0 Å². The van der Waals surface area contributed by atoms with Crippen molar-refractivity contribution in [3.8, 4) is 0 Å². The molecule has 2 heterocycles. The molecule has 0 bridgehead atoms. The summed E-state index contributed by atoms with van der Waals surface area (Å²) >= 11 is 6.60. The van der Waals surface area contributed by atoms with Gasteiger partial charge in [0.2, 0.25) is 0 Å². The van der Waals surface area contributed by atoms with Gasteiger partial charge in [-0.05, 0) is 42.7 Å². The Kier molecular flexibility index (Phi) is 5.32. The molecule has 1 aromatic carbocycles. The number of sulfone groups is 1. The van der Waals surface area contributed by atoms with Crippen LogP contribution in [0.2, 0.25) is 0 Å². The fourth-order valence-electron chi connectivity index (χ4n) is 3.49. The zero-order chi connectivity index (χ0) is 18.0. The van der Waals surface area contributed by atoms with Gasteiger partial charge in [-0.3, -0.25) is 0 Å². The highest BCUT2D eigenvalue weighted by Gasteiger charge is 2.41. The lowest BCUT2D eigenvalue weighted by Gasteiger charge is -2.30. The number of hydrogen-bond donors (Lipinski definition) is 1. The molecule has 0 radical (unpaired) electrons. The fraction of sp³-hybridized carbons (Fsp3) is 0.389. The van der Waals surface area contributed by atoms with Crippen molar-refractivity contribution in [3.63, 3.8) is 0 Å². The molecule has 5 nitrogen and oxygen atoms in total. The van der Waals surface area contributed by atoms with Crippen molar-refractivity contribution in [2.45, 2.75) is 35.2 Å². The van der Waals surface area contributed by atoms with E-state index in [4.69, 9.17) is 11.6 Å². The van der Waals surface area contributed by atoms with E-state index in [1.807, 2.05) is 35.2 Å². The van der Waals surface area contributed by atoms with Gasteiger partial charge in [0, 0.05) is 31.0 Å². The minimum atomic E-state index is -3.22. The minimum absolute atomic E-state index is 0.00600. The summed E-state index contributed by atoms with van der Waals surface area (Å²) in [6.45, 7) is 0.0511. The predicted octanol–water partition coefficient (Wildman–Crippen LogP) is 2.79. The van der Waals surface area contributed by atoms with Crippen molar-refractivity contribution >= 4 is 27.3 Å². The van der Waals surface area contributed by atoms with Crippen molar-refractivity contribution in [1.82, 2.24) is 4.98 Å². The van der Waals surface area contributed by atoms with Crippen LogP contribution in [0.25, 0.3) is 0 Å². The van der Waals surface area contributed by atoms with E-state index in [2.05, 4.69) is 4.98 Å². The number of anilines is 1. The van der Waals surface area contributed by atoms with E-state index in [1.54, 1.807) is 18.3 Å². The van der Waals surface area contributed by atoms with Gasteiger partial charge in [0.05, 0.1) is 4.90 Å². The Balaban J connectivity index is 1.93. The number of aromatic nitrogens is 1. The highest BCUT2D eigenvalue weighted by molar-refractivity contribution is 7.90. The van der Waals surface area contributed by atoms with Gasteiger partial charge in [0.15, 0.2) is 9.84 Å². The number of aliphatic hydroxyl groups is 1. The van der Waals surface area contributed by atoms with E-state index in [0.29, 0.717) is 17.7 Å². The first-order valence-electron chi connectivity index (χ1n) is 8.16. The van der Waals surface area contributed by atoms with Crippen molar-refractivity contribution in [2.75, 3.05) is 17.8 Å². The van der Waals surface area contributed by atoms with Crippen LogP contribution in [-0.4, -0.2) is 42.9 Å². The van der Waals surface area contributed by atoms with E-state index < -0.39 is 9.84 Å². The van der Waals surface area contributed by atoms with Crippen molar-refractivity contribution < 1.29 is 13.5 Å². The molecule has 1 aliphatic heterocycles. The van der Waals surface area contributed by atoms with Gasteiger partial charge in [0.25, 0.3) is 0 Å². The SMILES string of the molecule is CS(=O)(=O)c1ccc(C2CC(Cl)N(c3ccccn3)[C@H]2CCO)cc1. The first-order chi connectivity index (χ1) is 11.9. The molecule has 1 N–H and O–H groups in total. The molecule has 0 aliphatic carbocycles. The van der Waals surface area contributed by atoms with E-state index in [9.17, 15) is 13.5 Å². The minimum Gasteiger partial charge on any atom is -0.396 e. The Bertz CT molecular complexity index is 812. The molecule has 1 aromatic heterocycles. The number of aliphatic hydroxyl groups excluding tert-OH is 1. The zero-order valence-electron chi connectivity index (χ0n) is 13.9. The van der Waals surface area contributed by atoms with Crippen LogP contribution in [0.4, 0.5) is 5.82 Å². The number of pyridine rings is 1. The van der Waals surface area contributed by atoms with Gasteiger partial charge < -0.3 is 10.0 Å². The standard InChI is InChI=1S/C18H21ClN2O3S/c1-25(23,24)14-7-5-13(6-8-14)15-12-17(19)21(16(15)9-11-22)18-4-2-3-10-20-18/h2-8,10,15-17,22H,9,11-12H2,1H3/t15?,16-,17?/m0/s1. The summed E-state index contributed by atoms with van der Waals surface area (Å²) in [5, 5.41) is 9.52. The maximum absolute atomic E-state index is 11.7. The molecule has 2 aromatic rings. The molecule has 2 unspecified atom stereocenters. The Morgan fingerprint density at radius 2 is 1.96 bits per heavy atom. The molecule has 0 amide bonds. The molecule has 1 saturated heterocycles. The van der Waals surface area contributed by atoms with Gasteiger partial charge in [0.1, 0.15) is 11.3 Å². The summed E-state index contributed by atoms with van der Waals surface area (Å²) in [6.07, 6.45) is 4.20. The molecule has 7 heteroatoms. The van der Waals surface area contributed by atoms with Crippen LogP contribution in [0.3, 0.4) is 0 Å². The van der Waals surface area contributed by atoms with Crippen LogP contribution < -0.4 is 4.90 Å². The summed E-state index contributed by atoms with van der Waals surface area (Å²) in [5.41, 5.74) is 0.793. The molecule has 0 saturated carbocycles. The molecule has 1 aliphatic rings. The zero-order valence-corrected chi connectivity index (χ0v) is 15.5. The quantitative estimate of drug-likeness (QED) is 0.638. The van der Waals surface area contributed by atoms with Gasteiger partial charge in [-0.1, -0.05) is 29.8 Å². The summed E-state index contributed by atoms with van der Waals surface area (Å²) in [5.74, 6) is 0.890. The lowest BCUT2D eigenvalue weighted by Crippen LogP contribution is -2.36. The van der Waals surface area contributed by atoms with Crippen LogP contribution in [0.1, 0.15) is 24.3 Å². The van der Waals surface area contributed by atoms with Crippen LogP contribution in [-0.2, 0) is 9.84 Å². The average Bonchev–Trinajstić information content (AvgIpc) is 2.92. The number of alkyl halides is 1. The predicted molar refractivity (Wildman–Crippen MR) is 98.8 cm³/mol. The summed E-state index contributed by atoms with van der Waals surface area (Å²) < 4.78 is 23.3. The lowest BCUT2D eigenvalue weighted by atomic mass is 9.90. The Labute approximate surface area is 153 Å². The molecule has 134 valence electrons. The summed E-state index contributed by atoms with van der Waals surface area (Å²) in [6, 6.07) is 12.6. The second kappa shape index (κ2) is 7.32. The molecule has 0 spiro atoms. The Morgan fingerprint density at radius 3 is 2.52 bits per heavy atom. The third-order valence-corrected chi connectivity index (χ3v) is 6.16. The number of rotatable bonds is 5. The number of halogens is 1. The second-order valence-corrected chi connectivity index (χ2v) is 8.81. The molecule has 25 heavy (non-hydrogen) atoms. The molecule has 3 rings (SSSR count). The first kappa shape index (κ1) is 18.2. The van der Waals surface area contributed by atoms with Crippen molar-refractivity contribution in [2.24, 2.45) is 0 Å². The lowest BCUT2D eigenvalue weighted by molar-refractivity contribution is 0.271. The van der Waals surface area contributed by atoms with Crippen LogP contribution >= 0.6 is 11.6 Å². The molecular formula is C18H21ClN2O3S. The van der Waals surface area contributed by atoms with Crippen LogP contribution in [0.15, 0.2) is 53.6 Å². The van der Waals surface area contributed by atoms with Crippen LogP contribution in [0, 0.1) is 0 Å². The largest absolute Gasteiger partial charge is 0.396 e. The third-order valence-electron chi connectivity index (χ3n) is 4.65. The van der Waals surface area contributed by atoms with Gasteiger partial charge >= 0.3 is 0 Å². The van der Waals surface area contributed by atoms with E-state index in [-0.39, 0.29) is 24.1 Å². The summed E-state index contributed by atoms with van der Waals surface area (Å²) in [4.78, 5) is 6.75. The van der Waals surface area contributed by atoms with Gasteiger partial charge in [-0.15, -0.1) is 0 Å².